The molecule has 1 saturated heterocycles. The van der Waals surface area contributed by atoms with Crippen molar-refractivity contribution < 1.29 is 18.8 Å². The Kier molecular flexibility index (Phi) is 9.39. The fraction of sp³-hybridized carbons (Fsp3) is 0.444. The third-order valence-corrected chi connectivity index (χ3v) is 6.03. The standard InChI is InChI=1S/C27H34N4O4/c1-2-3-17-33-18-19-34-21-25(32)31-15-13-30(14-16-31)20-22-9-11-23(12-10-22)26-28-27(35-29-26)24-7-5-4-6-8-24/h4-12H,2-3,13-21H2,1H3. The van der Waals surface area contributed by atoms with E-state index >= 15 is 0 Å². The lowest BCUT2D eigenvalue weighted by molar-refractivity contribution is -0.138. The minimum Gasteiger partial charge on any atom is -0.379 e. The number of hydrogen-bond donors (Lipinski definition) is 0. The quantitative estimate of drug-likeness (QED) is 0.366. The summed E-state index contributed by atoms with van der Waals surface area (Å²) in [7, 11) is 0. The van der Waals surface area contributed by atoms with E-state index in [-0.39, 0.29) is 12.5 Å². The van der Waals surface area contributed by atoms with Gasteiger partial charge in [0.2, 0.25) is 11.7 Å². The Bertz CT molecular complexity index is 1030. The van der Waals surface area contributed by atoms with Gasteiger partial charge in [0.15, 0.2) is 0 Å². The van der Waals surface area contributed by atoms with Gasteiger partial charge in [0.25, 0.3) is 5.89 Å². The van der Waals surface area contributed by atoms with Gasteiger partial charge >= 0.3 is 0 Å². The third-order valence-electron chi connectivity index (χ3n) is 6.03. The Morgan fingerprint density at radius 1 is 0.914 bits per heavy atom. The van der Waals surface area contributed by atoms with Crippen molar-refractivity contribution in [3.05, 3.63) is 60.2 Å². The third kappa shape index (κ3) is 7.45. The van der Waals surface area contributed by atoms with Crippen molar-refractivity contribution in [2.45, 2.75) is 26.3 Å². The molecule has 1 amide bonds. The van der Waals surface area contributed by atoms with Gasteiger partial charge in [0, 0.05) is 50.5 Å². The highest BCUT2D eigenvalue weighted by Gasteiger charge is 2.21. The minimum atomic E-state index is 0.0533. The van der Waals surface area contributed by atoms with Crippen LogP contribution in [0.5, 0.6) is 0 Å². The zero-order valence-electron chi connectivity index (χ0n) is 20.4. The van der Waals surface area contributed by atoms with E-state index in [9.17, 15) is 4.79 Å². The molecule has 8 heteroatoms. The van der Waals surface area contributed by atoms with Gasteiger partial charge in [-0.05, 0) is 24.1 Å². The molecule has 0 atom stereocenters. The molecule has 0 unspecified atom stereocenters. The molecule has 0 saturated carbocycles. The number of rotatable bonds is 12. The molecule has 1 aromatic heterocycles. The second-order valence-electron chi connectivity index (χ2n) is 8.66. The summed E-state index contributed by atoms with van der Waals surface area (Å²) in [6.45, 7) is 7.99. The summed E-state index contributed by atoms with van der Waals surface area (Å²) >= 11 is 0. The van der Waals surface area contributed by atoms with Crippen molar-refractivity contribution in [2.75, 3.05) is 52.6 Å². The minimum absolute atomic E-state index is 0.0533. The summed E-state index contributed by atoms with van der Waals surface area (Å²) < 4.78 is 16.4. The largest absolute Gasteiger partial charge is 0.379 e. The summed E-state index contributed by atoms with van der Waals surface area (Å²) in [5.41, 5.74) is 3.04. The molecule has 4 rings (SSSR count). The molecule has 2 aromatic carbocycles. The molecule has 0 radical (unpaired) electrons. The fourth-order valence-corrected chi connectivity index (χ4v) is 3.93. The SMILES string of the molecule is CCCCOCCOCC(=O)N1CCN(Cc2ccc(-c3noc(-c4ccccc4)n3)cc2)CC1. The fourth-order valence-electron chi connectivity index (χ4n) is 3.93. The van der Waals surface area contributed by atoms with Crippen LogP contribution in [0.15, 0.2) is 59.1 Å². The van der Waals surface area contributed by atoms with Crippen LogP contribution < -0.4 is 0 Å². The number of aromatic nitrogens is 2. The van der Waals surface area contributed by atoms with Crippen LogP contribution in [0.1, 0.15) is 25.3 Å². The average molecular weight is 479 g/mol. The maximum Gasteiger partial charge on any atom is 0.258 e. The lowest BCUT2D eigenvalue weighted by atomic mass is 10.1. The van der Waals surface area contributed by atoms with E-state index in [0.29, 0.717) is 24.9 Å². The smallest absolute Gasteiger partial charge is 0.258 e. The van der Waals surface area contributed by atoms with E-state index in [4.69, 9.17) is 14.0 Å². The van der Waals surface area contributed by atoms with Crippen molar-refractivity contribution in [1.29, 1.82) is 0 Å². The van der Waals surface area contributed by atoms with Crippen LogP contribution in [0.25, 0.3) is 22.8 Å². The van der Waals surface area contributed by atoms with E-state index in [1.54, 1.807) is 0 Å². The summed E-state index contributed by atoms with van der Waals surface area (Å²) in [5.74, 6) is 1.15. The molecule has 0 aliphatic carbocycles. The molecule has 1 aliphatic rings. The average Bonchev–Trinajstić information content (AvgIpc) is 3.40. The lowest BCUT2D eigenvalue weighted by Crippen LogP contribution is -2.49. The van der Waals surface area contributed by atoms with Crippen molar-refractivity contribution in [3.8, 4) is 22.8 Å². The Morgan fingerprint density at radius 2 is 1.66 bits per heavy atom. The van der Waals surface area contributed by atoms with Crippen LogP contribution in [0.4, 0.5) is 0 Å². The van der Waals surface area contributed by atoms with Gasteiger partial charge in [0.05, 0.1) is 13.2 Å². The monoisotopic (exact) mass is 478 g/mol. The van der Waals surface area contributed by atoms with Gasteiger partial charge in [-0.25, -0.2) is 0 Å². The highest BCUT2D eigenvalue weighted by atomic mass is 16.5. The van der Waals surface area contributed by atoms with Crippen molar-refractivity contribution >= 4 is 5.91 Å². The van der Waals surface area contributed by atoms with Crippen LogP contribution in [-0.2, 0) is 20.8 Å². The summed E-state index contributed by atoms with van der Waals surface area (Å²) in [5, 5.41) is 4.13. The molecular weight excluding hydrogens is 444 g/mol. The molecule has 2 heterocycles. The summed E-state index contributed by atoms with van der Waals surface area (Å²) in [6, 6.07) is 18.0. The summed E-state index contributed by atoms with van der Waals surface area (Å²) in [6.07, 6.45) is 2.18. The zero-order valence-corrected chi connectivity index (χ0v) is 20.4. The molecule has 1 fully saturated rings. The van der Waals surface area contributed by atoms with Crippen LogP contribution >= 0.6 is 0 Å². The number of carbonyl (C=O) groups excluding carboxylic acids is 1. The van der Waals surface area contributed by atoms with E-state index in [0.717, 1.165) is 63.3 Å². The number of hydrogen-bond acceptors (Lipinski definition) is 7. The van der Waals surface area contributed by atoms with Gasteiger partial charge in [-0.3, -0.25) is 9.69 Å². The zero-order chi connectivity index (χ0) is 24.3. The molecule has 0 spiro atoms. The predicted molar refractivity (Wildman–Crippen MR) is 134 cm³/mol. The van der Waals surface area contributed by atoms with Gasteiger partial charge in [0.1, 0.15) is 6.61 Å². The van der Waals surface area contributed by atoms with E-state index < -0.39 is 0 Å². The number of amides is 1. The first kappa shape index (κ1) is 25.0. The first-order valence-corrected chi connectivity index (χ1v) is 12.4. The van der Waals surface area contributed by atoms with Crippen molar-refractivity contribution in [3.63, 3.8) is 0 Å². The van der Waals surface area contributed by atoms with Crippen molar-refractivity contribution in [1.82, 2.24) is 19.9 Å². The maximum absolute atomic E-state index is 12.4. The maximum atomic E-state index is 12.4. The predicted octanol–water partition coefficient (Wildman–Crippen LogP) is 3.88. The van der Waals surface area contributed by atoms with Gasteiger partial charge in [-0.15, -0.1) is 0 Å². The number of nitrogens with zero attached hydrogens (tertiary/aromatic N) is 4. The number of benzene rings is 2. The molecular formula is C27H34N4O4. The molecule has 0 N–H and O–H groups in total. The topological polar surface area (TPSA) is 80.9 Å². The number of unbranched alkanes of at least 4 members (excludes halogenated alkanes) is 1. The van der Waals surface area contributed by atoms with Gasteiger partial charge in [-0.2, -0.15) is 4.98 Å². The Labute approximate surface area is 206 Å². The molecule has 8 nitrogen and oxygen atoms in total. The Hall–Kier alpha value is -3.07. The van der Waals surface area contributed by atoms with E-state index in [1.165, 1.54) is 5.56 Å². The first-order chi connectivity index (χ1) is 17.2. The first-order valence-electron chi connectivity index (χ1n) is 12.4. The molecule has 35 heavy (non-hydrogen) atoms. The number of ether oxygens (including phenoxy) is 2. The molecule has 1 aliphatic heterocycles. The van der Waals surface area contributed by atoms with Gasteiger partial charge in [-0.1, -0.05) is 61.0 Å². The van der Waals surface area contributed by atoms with Crippen LogP contribution in [0.3, 0.4) is 0 Å². The van der Waals surface area contributed by atoms with Crippen LogP contribution in [0.2, 0.25) is 0 Å². The van der Waals surface area contributed by atoms with Crippen molar-refractivity contribution in [2.24, 2.45) is 0 Å². The molecule has 3 aromatic rings. The second kappa shape index (κ2) is 13.1. The second-order valence-corrected chi connectivity index (χ2v) is 8.66. The molecule has 0 bridgehead atoms. The van der Waals surface area contributed by atoms with Crippen LogP contribution in [-0.4, -0.2) is 78.5 Å². The Morgan fingerprint density at radius 3 is 2.40 bits per heavy atom. The lowest BCUT2D eigenvalue weighted by Gasteiger charge is -2.34. The number of carbonyl (C=O) groups is 1. The molecule has 186 valence electrons. The number of piperazine rings is 1. The normalized spacial score (nSPS) is 14.4. The van der Waals surface area contributed by atoms with Crippen LogP contribution in [0, 0.1) is 0 Å². The highest BCUT2D eigenvalue weighted by Crippen LogP contribution is 2.22. The van der Waals surface area contributed by atoms with E-state index in [2.05, 4.69) is 34.1 Å². The van der Waals surface area contributed by atoms with Gasteiger partial charge < -0.3 is 18.9 Å². The van der Waals surface area contributed by atoms with E-state index in [1.807, 2.05) is 47.4 Å². The Balaban J connectivity index is 1.18. The summed E-state index contributed by atoms with van der Waals surface area (Å²) in [4.78, 5) is 21.2. The highest BCUT2D eigenvalue weighted by molar-refractivity contribution is 5.77.